The van der Waals surface area contributed by atoms with Crippen LogP contribution in [0.15, 0.2) is 0 Å². The molecule has 0 saturated heterocycles. The molecule has 2 saturated carbocycles. The highest BCUT2D eigenvalue weighted by atomic mass is 16.4. The van der Waals surface area contributed by atoms with Gasteiger partial charge in [-0.3, -0.25) is 9.59 Å². The molecule has 0 aromatic carbocycles. The van der Waals surface area contributed by atoms with Gasteiger partial charge < -0.3 is 10.4 Å². The summed E-state index contributed by atoms with van der Waals surface area (Å²) in [7, 11) is 0. The second-order valence-corrected chi connectivity index (χ2v) is 7.24. The van der Waals surface area contributed by atoms with E-state index in [4.69, 9.17) is 0 Å². The van der Waals surface area contributed by atoms with Gasteiger partial charge in [0.2, 0.25) is 5.91 Å². The predicted molar refractivity (Wildman–Crippen MR) is 77.2 cm³/mol. The maximum absolute atomic E-state index is 12.5. The van der Waals surface area contributed by atoms with Crippen LogP contribution in [0.25, 0.3) is 0 Å². The SMILES string of the molecule is CCC1CC(C(=O)O)C(C(=O)NC2CCCC2(C)C)C1. The Morgan fingerprint density at radius 1 is 1.25 bits per heavy atom. The molecule has 1 amide bonds. The van der Waals surface area contributed by atoms with E-state index in [0.717, 1.165) is 32.1 Å². The largest absolute Gasteiger partial charge is 0.481 e. The normalized spacial score (nSPS) is 36.0. The smallest absolute Gasteiger partial charge is 0.307 e. The molecule has 0 heterocycles. The van der Waals surface area contributed by atoms with E-state index < -0.39 is 11.9 Å². The summed E-state index contributed by atoms with van der Waals surface area (Å²) in [6.45, 7) is 6.44. The standard InChI is InChI=1S/C16H27NO3/c1-4-10-8-11(12(9-10)15(19)20)14(18)17-13-6-5-7-16(13,2)3/h10-13H,4-9H2,1-3H3,(H,17,18)(H,19,20). The van der Waals surface area contributed by atoms with Crippen molar-refractivity contribution >= 4 is 11.9 Å². The fourth-order valence-electron chi connectivity index (χ4n) is 3.91. The van der Waals surface area contributed by atoms with Crippen LogP contribution in [0.3, 0.4) is 0 Å². The zero-order valence-electron chi connectivity index (χ0n) is 12.8. The highest BCUT2D eigenvalue weighted by Crippen LogP contribution is 2.40. The second kappa shape index (κ2) is 5.74. The summed E-state index contributed by atoms with van der Waals surface area (Å²) in [6.07, 6.45) is 5.62. The van der Waals surface area contributed by atoms with Crippen LogP contribution in [-0.2, 0) is 9.59 Å². The van der Waals surface area contributed by atoms with Crippen molar-refractivity contribution < 1.29 is 14.7 Å². The lowest BCUT2D eigenvalue weighted by Crippen LogP contribution is -2.45. The zero-order chi connectivity index (χ0) is 14.9. The third-order valence-electron chi connectivity index (χ3n) is 5.47. The molecule has 0 aliphatic heterocycles. The molecular formula is C16H27NO3. The van der Waals surface area contributed by atoms with Gasteiger partial charge in [0, 0.05) is 6.04 Å². The van der Waals surface area contributed by atoms with E-state index in [9.17, 15) is 14.7 Å². The quantitative estimate of drug-likeness (QED) is 0.832. The second-order valence-electron chi connectivity index (χ2n) is 7.24. The van der Waals surface area contributed by atoms with Gasteiger partial charge in [0.05, 0.1) is 11.8 Å². The van der Waals surface area contributed by atoms with Crippen molar-refractivity contribution in [1.29, 1.82) is 0 Å². The Balaban J connectivity index is 2.02. The van der Waals surface area contributed by atoms with Crippen LogP contribution < -0.4 is 5.32 Å². The summed E-state index contributed by atoms with van der Waals surface area (Å²) in [6, 6.07) is 0.199. The Kier molecular flexibility index (Phi) is 4.40. The topological polar surface area (TPSA) is 66.4 Å². The van der Waals surface area contributed by atoms with Gasteiger partial charge in [-0.05, 0) is 37.0 Å². The van der Waals surface area contributed by atoms with Crippen molar-refractivity contribution in [2.75, 3.05) is 0 Å². The Labute approximate surface area is 121 Å². The highest BCUT2D eigenvalue weighted by molar-refractivity contribution is 5.85. The van der Waals surface area contributed by atoms with E-state index in [2.05, 4.69) is 26.1 Å². The van der Waals surface area contributed by atoms with Crippen molar-refractivity contribution in [1.82, 2.24) is 5.32 Å². The number of carboxylic acid groups (broad SMARTS) is 1. The summed E-state index contributed by atoms with van der Waals surface area (Å²) in [5, 5.41) is 12.5. The predicted octanol–water partition coefficient (Wildman–Crippen LogP) is 2.82. The van der Waals surface area contributed by atoms with Crippen molar-refractivity contribution in [3.05, 3.63) is 0 Å². The number of carbonyl (C=O) groups excluding carboxylic acids is 1. The lowest BCUT2D eigenvalue weighted by atomic mass is 9.86. The first-order chi connectivity index (χ1) is 9.35. The number of rotatable bonds is 4. The zero-order valence-corrected chi connectivity index (χ0v) is 12.8. The van der Waals surface area contributed by atoms with Crippen molar-refractivity contribution in [3.63, 3.8) is 0 Å². The van der Waals surface area contributed by atoms with Crippen LogP contribution >= 0.6 is 0 Å². The van der Waals surface area contributed by atoms with Gasteiger partial charge >= 0.3 is 5.97 Å². The number of hydrogen-bond acceptors (Lipinski definition) is 2. The molecule has 2 N–H and O–H groups in total. The monoisotopic (exact) mass is 281 g/mol. The molecule has 0 radical (unpaired) electrons. The first-order valence-electron chi connectivity index (χ1n) is 7.88. The molecule has 4 nitrogen and oxygen atoms in total. The maximum Gasteiger partial charge on any atom is 0.307 e. The minimum atomic E-state index is -0.813. The third-order valence-corrected chi connectivity index (χ3v) is 5.47. The Bertz CT molecular complexity index is 391. The van der Waals surface area contributed by atoms with Crippen molar-refractivity contribution in [3.8, 4) is 0 Å². The van der Waals surface area contributed by atoms with E-state index in [0.29, 0.717) is 12.3 Å². The van der Waals surface area contributed by atoms with Crippen molar-refractivity contribution in [2.24, 2.45) is 23.2 Å². The summed E-state index contributed by atoms with van der Waals surface area (Å²) >= 11 is 0. The molecule has 0 aromatic heterocycles. The van der Waals surface area contributed by atoms with Crippen LogP contribution in [0.2, 0.25) is 0 Å². The molecule has 0 bridgehead atoms. The number of amides is 1. The van der Waals surface area contributed by atoms with E-state index in [1.165, 1.54) is 0 Å². The van der Waals surface area contributed by atoms with Gasteiger partial charge in [0.1, 0.15) is 0 Å². The minimum absolute atomic E-state index is 0.0340. The number of carboxylic acids is 1. The van der Waals surface area contributed by atoms with Gasteiger partial charge in [-0.25, -0.2) is 0 Å². The summed E-state index contributed by atoms with van der Waals surface area (Å²) < 4.78 is 0. The van der Waals surface area contributed by atoms with Gasteiger partial charge in [0.25, 0.3) is 0 Å². The van der Waals surface area contributed by atoms with E-state index >= 15 is 0 Å². The van der Waals surface area contributed by atoms with Crippen LogP contribution in [0.5, 0.6) is 0 Å². The molecular weight excluding hydrogens is 254 g/mol. The van der Waals surface area contributed by atoms with Gasteiger partial charge in [-0.15, -0.1) is 0 Å². The van der Waals surface area contributed by atoms with Crippen LogP contribution in [0.4, 0.5) is 0 Å². The molecule has 2 aliphatic carbocycles. The average molecular weight is 281 g/mol. The molecule has 4 unspecified atom stereocenters. The molecule has 4 atom stereocenters. The number of hydrogen-bond donors (Lipinski definition) is 2. The van der Waals surface area contributed by atoms with E-state index in [-0.39, 0.29) is 23.3 Å². The first kappa shape index (κ1) is 15.3. The first-order valence-corrected chi connectivity index (χ1v) is 7.88. The number of aliphatic carboxylic acids is 1. The molecule has 2 rings (SSSR count). The van der Waals surface area contributed by atoms with Crippen LogP contribution in [0.1, 0.15) is 59.3 Å². The van der Waals surface area contributed by atoms with E-state index in [1.807, 2.05) is 0 Å². The number of carbonyl (C=O) groups is 2. The molecule has 0 aromatic rings. The molecule has 2 aliphatic rings. The summed E-state index contributed by atoms with van der Waals surface area (Å²) in [5.41, 5.74) is 0.136. The number of nitrogens with one attached hydrogen (secondary N) is 1. The Hall–Kier alpha value is -1.06. The van der Waals surface area contributed by atoms with Crippen LogP contribution in [0, 0.1) is 23.2 Å². The molecule has 114 valence electrons. The fourth-order valence-corrected chi connectivity index (χ4v) is 3.91. The minimum Gasteiger partial charge on any atom is -0.481 e. The molecule has 4 heteroatoms. The highest BCUT2D eigenvalue weighted by Gasteiger charge is 2.44. The maximum atomic E-state index is 12.5. The van der Waals surface area contributed by atoms with Gasteiger partial charge in [0.15, 0.2) is 0 Å². The summed E-state index contributed by atoms with van der Waals surface area (Å²) in [4.78, 5) is 23.9. The Morgan fingerprint density at radius 2 is 1.90 bits per heavy atom. The lowest BCUT2D eigenvalue weighted by Gasteiger charge is -2.29. The average Bonchev–Trinajstić information content (AvgIpc) is 2.93. The molecule has 0 spiro atoms. The van der Waals surface area contributed by atoms with E-state index in [1.54, 1.807) is 0 Å². The molecule has 20 heavy (non-hydrogen) atoms. The lowest BCUT2D eigenvalue weighted by molar-refractivity contribution is -0.146. The third kappa shape index (κ3) is 2.99. The van der Waals surface area contributed by atoms with Gasteiger partial charge in [-0.1, -0.05) is 33.6 Å². The van der Waals surface area contributed by atoms with Crippen molar-refractivity contribution in [2.45, 2.75) is 65.3 Å². The Morgan fingerprint density at radius 3 is 2.40 bits per heavy atom. The molecule has 2 fully saturated rings. The van der Waals surface area contributed by atoms with Crippen LogP contribution in [-0.4, -0.2) is 23.0 Å². The van der Waals surface area contributed by atoms with Gasteiger partial charge in [-0.2, -0.15) is 0 Å². The summed E-state index contributed by atoms with van der Waals surface area (Å²) in [5.74, 6) is -1.30. The fraction of sp³-hybridized carbons (Fsp3) is 0.875.